The summed E-state index contributed by atoms with van der Waals surface area (Å²) in [4.78, 5) is 42.9. The number of primary amides is 1. The van der Waals surface area contributed by atoms with Gasteiger partial charge in [-0.2, -0.15) is 4.37 Å². The summed E-state index contributed by atoms with van der Waals surface area (Å²) in [5.74, 6) is -2.30. The molecule has 0 spiro atoms. The van der Waals surface area contributed by atoms with Gasteiger partial charge >= 0.3 is 0 Å². The second-order valence-corrected chi connectivity index (χ2v) is 10.6. The Morgan fingerprint density at radius 3 is 2.18 bits per heavy atom. The van der Waals surface area contributed by atoms with E-state index in [1.54, 1.807) is 24.3 Å². The van der Waals surface area contributed by atoms with Gasteiger partial charge in [0, 0.05) is 31.9 Å². The zero-order valence-corrected chi connectivity index (χ0v) is 22.9. The van der Waals surface area contributed by atoms with Crippen LogP contribution in [0.25, 0.3) is 0 Å². The fourth-order valence-corrected chi connectivity index (χ4v) is 4.51. The summed E-state index contributed by atoms with van der Waals surface area (Å²) in [6.07, 6.45) is 0.653. The second-order valence-electron chi connectivity index (χ2n) is 9.81. The van der Waals surface area contributed by atoms with Crippen molar-refractivity contribution in [2.75, 3.05) is 24.7 Å². The minimum Gasteiger partial charge on any atom is -0.395 e. The first-order valence-corrected chi connectivity index (χ1v) is 12.8. The average molecular weight is 541 g/mol. The van der Waals surface area contributed by atoms with Gasteiger partial charge in [-0.1, -0.05) is 31.2 Å². The normalized spacial score (nSPS) is 12.1. The molecule has 3 rings (SSSR count). The third-order valence-corrected chi connectivity index (χ3v) is 7.16. The number of benzene rings is 2. The van der Waals surface area contributed by atoms with Gasteiger partial charge < -0.3 is 26.6 Å². The molecule has 9 nitrogen and oxygen atoms in total. The quantitative estimate of drug-likeness (QED) is 0.359. The highest BCUT2D eigenvalue weighted by Gasteiger charge is 2.36. The van der Waals surface area contributed by atoms with Crippen LogP contribution in [0.4, 0.5) is 15.8 Å². The van der Waals surface area contributed by atoms with Gasteiger partial charge in [-0.3, -0.25) is 14.4 Å². The molecule has 2 aromatic carbocycles. The van der Waals surface area contributed by atoms with Gasteiger partial charge in [0.2, 0.25) is 5.91 Å². The molecule has 11 heteroatoms. The summed E-state index contributed by atoms with van der Waals surface area (Å²) in [5, 5.41) is 3.04. The Kier molecular flexibility index (Phi) is 8.72. The number of anilines is 2. The van der Waals surface area contributed by atoms with Crippen LogP contribution in [0.5, 0.6) is 0 Å². The third kappa shape index (κ3) is 6.46. The van der Waals surface area contributed by atoms with E-state index < -0.39 is 35.1 Å². The highest BCUT2D eigenvalue weighted by Crippen LogP contribution is 2.31. The largest absolute Gasteiger partial charge is 0.395 e. The third-order valence-electron chi connectivity index (χ3n) is 6.31. The van der Waals surface area contributed by atoms with Crippen molar-refractivity contribution < 1.29 is 18.8 Å². The number of halogens is 1. The number of hydrogen-bond donors (Lipinski definition) is 3. The Labute approximate surface area is 225 Å². The van der Waals surface area contributed by atoms with Gasteiger partial charge in [-0.25, -0.2) is 4.39 Å². The van der Waals surface area contributed by atoms with Gasteiger partial charge in [-0.05, 0) is 67.2 Å². The second kappa shape index (κ2) is 11.6. The first-order valence-electron chi connectivity index (χ1n) is 12.0. The predicted molar refractivity (Wildman–Crippen MR) is 147 cm³/mol. The Morgan fingerprint density at radius 1 is 1.08 bits per heavy atom. The fourth-order valence-electron chi connectivity index (χ4n) is 3.74. The van der Waals surface area contributed by atoms with Gasteiger partial charge in [0.25, 0.3) is 11.8 Å². The number of aromatic nitrogens is 1. The number of hydrogen-bond acceptors (Lipinski definition) is 7. The number of nitrogens with one attached hydrogen (secondary N) is 1. The first kappa shape index (κ1) is 28.6. The number of nitrogens with zero attached hydrogens (tertiary/aromatic N) is 3. The molecule has 0 saturated carbocycles. The van der Waals surface area contributed by atoms with Crippen molar-refractivity contribution in [1.29, 1.82) is 0 Å². The Hall–Kier alpha value is -3.99. The molecule has 0 aliphatic heterocycles. The highest BCUT2D eigenvalue weighted by molar-refractivity contribution is 7.09. The van der Waals surface area contributed by atoms with Gasteiger partial charge in [-0.15, -0.1) is 0 Å². The van der Waals surface area contributed by atoms with Crippen molar-refractivity contribution in [2.24, 2.45) is 5.73 Å². The smallest absolute Gasteiger partial charge is 0.270 e. The lowest BCUT2D eigenvalue weighted by molar-refractivity contribution is -0.127. The first-order chi connectivity index (χ1) is 17.8. The molecule has 0 bridgehead atoms. The summed E-state index contributed by atoms with van der Waals surface area (Å²) >= 11 is 0.737. The molecule has 0 radical (unpaired) electrons. The van der Waals surface area contributed by atoms with E-state index in [4.69, 9.17) is 11.5 Å². The number of carbonyl (C=O) groups is 3. The van der Waals surface area contributed by atoms with E-state index in [0.29, 0.717) is 17.5 Å². The Balaban J connectivity index is 2.17. The average Bonchev–Trinajstić information content (AvgIpc) is 3.26. The molecule has 0 aliphatic carbocycles. The summed E-state index contributed by atoms with van der Waals surface area (Å²) in [6.45, 7) is 5.70. The lowest BCUT2D eigenvalue weighted by atomic mass is 9.98. The van der Waals surface area contributed by atoms with Gasteiger partial charge in [0.15, 0.2) is 5.69 Å². The lowest BCUT2D eigenvalue weighted by Crippen LogP contribution is -2.50. The van der Waals surface area contributed by atoms with E-state index in [1.165, 1.54) is 17.0 Å². The van der Waals surface area contributed by atoms with Gasteiger partial charge in [0.05, 0.1) is 5.69 Å². The number of nitrogen functional groups attached to an aromatic ring is 1. The summed E-state index contributed by atoms with van der Waals surface area (Å²) in [6, 6.07) is 11.9. The van der Waals surface area contributed by atoms with E-state index in [2.05, 4.69) is 9.69 Å². The van der Waals surface area contributed by atoms with Crippen molar-refractivity contribution >= 4 is 40.6 Å². The van der Waals surface area contributed by atoms with Crippen LogP contribution in [-0.2, 0) is 11.3 Å². The molecule has 3 aromatic rings. The summed E-state index contributed by atoms with van der Waals surface area (Å²) in [5.41, 5.74) is 12.6. The van der Waals surface area contributed by atoms with E-state index in [9.17, 15) is 18.8 Å². The summed E-state index contributed by atoms with van der Waals surface area (Å²) in [7, 11) is 3.80. The van der Waals surface area contributed by atoms with Crippen LogP contribution in [0.1, 0.15) is 64.5 Å². The number of amides is 3. The molecular formula is C27H33FN6O3S. The van der Waals surface area contributed by atoms with Crippen molar-refractivity contribution in [1.82, 2.24) is 14.6 Å². The maximum atomic E-state index is 14.0. The molecule has 202 valence electrons. The summed E-state index contributed by atoms with van der Waals surface area (Å²) < 4.78 is 17.6. The van der Waals surface area contributed by atoms with Crippen LogP contribution in [-0.4, -0.2) is 46.6 Å². The maximum absolute atomic E-state index is 14.0. The fraction of sp³-hybridized carbons (Fsp3) is 0.333. The van der Waals surface area contributed by atoms with Crippen LogP contribution in [0, 0.1) is 5.82 Å². The topological polar surface area (TPSA) is 135 Å². The standard InChI is InChI=1S/C27H33FN6O3S/c1-6-27(2,3)31-25(36)22(17-9-13-19(14-10-17)33(4)5)34(15-16-7-11-18(28)12-8-16)26(37)23-20(29)21(24(30)35)32-38-23/h7-14,22H,6,15,29H2,1-5H3,(H2,30,35)(H,31,36)/t22-/m0/s1. The number of rotatable bonds is 10. The molecule has 0 fully saturated rings. The highest BCUT2D eigenvalue weighted by atomic mass is 32.1. The van der Waals surface area contributed by atoms with Crippen LogP contribution >= 0.6 is 11.5 Å². The number of nitrogens with two attached hydrogens (primary N) is 2. The van der Waals surface area contributed by atoms with Crippen molar-refractivity contribution in [3.63, 3.8) is 0 Å². The van der Waals surface area contributed by atoms with E-state index in [1.807, 2.05) is 51.9 Å². The minimum atomic E-state index is -1.08. The van der Waals surface area contributed by atoms with Crippen molar-refractivity contribution in [2.45, 2.75) is 45.3 Å². The molecule has 1 aromatic heterocycles. The molecule has 0 aliphatic rings. The predicted octanol–water partition coefficient (Wildman–Crippen LogP) is 3.72. The molecular weight excluding hydrogens is 507 g/mol. The monoisotopic (exact) mass is 540 g/mol. The van der Waals surface area contributed by atoms with E-state index in [-0.39, 0.29) is 22.8 Å². The van der Waals surface area contributed by atoms with Crippen molar-refractivity contribution in [3.8, 4) is 0 Å². The molecule has 0 unspecified atom stereocenters. The van der Waals surface area contributed by atoms with E-state index >= 15 is 0 Å². The van der Waals surface area contributed by atoms with Gasteiger partial charge in [0.1, 0.15) is 16.7 Å². The maximum Gasteiger partial charge on any atom is 0.270 e. The minimum absolute atomic E-state index is 0.0154. The SMILES string of the molecule is CCC(C)(C)NC(=O)[C@H](c1ccc(N(C)C)cc1)N(Cc1ccc(F)cc1)C(=O)c1snc(C(N)=O)c1N. The van der Waals surface area contributed by atoms with Crippen LogP contribution in [0.15, 0.2) is 48.5 Å². The molecule has 3 amide bonds. The van der Waals surface area contributed by atoms with Crippen molar-refractivity contribution in [3.05, 3.63) is 76.0 Å². The molecule has 1 heterocycles. The Morgan fingerprint density at radius 2 is 1.68 bits per heavy atom. The van der Waals surface area contributed by atoms with E-state index in [0.717, 1.165) is 17.2 Å². The van der Waals surface area contributed by atoms with Crippen LogP contribution in [0.3, 0.4) is 0 Å². The Bertz CT molecular complexity index is 1310. The molecule has 5 N–H and O–H groups in total. The zero-order valence-electron chi connectivity index (χ0n) is 22.1. The molecule has 0 saturated heterocycles. The van der Waals surface area contributed by atoms with Crippen LogP contribution in [0.2, 0.25) is 0 Å². The zero-order chi connectivity index (χ0) is 28.2. The molecule has 1 atom stereocenters. The van der Waals surface area contributed by atoms with Crippen LogP contribution < -0.4 is 21.7 Å². The number of carbonyl (C=O) groups excluding carboxylic acids is 3. The molecule has 38 heavy (non-hydrogen) atoms. The lowest BCUT2D eigenvalue weighted by Gasteiger charge is -2.34.